The summed E-state index contributed by atoms with van der Waals surface area (Å²) in [5, 5.41) is 3.15. The Kier molecular flexibility index (Phi) is 7.76. The van der Waals surface area contributed by atoms with Crippen molar-refractivity contribution in [2.75, 3.05) is 20.2 Å². The minimum Gasteiger partial charge on any atom is -0.469 e. The summed E-state index contributed by atoms with van der Waals surface area (Å²) in [5.41, 5.74) is 1.18. The van der Waals surface area contributed by atoms with Crippen LogP contribution in [0.2, 0.25) is 0 Å². The number of nitrogens with zero attached hydrogens (tertiary/aromatic N) is 1. The number of carbonyl (C=O) groups is 2. The van der Waals surface area contributed by atoms with E-state index in [2.05, 4.69) is 17.4 Å². The zero-order valence-corrected chi connectivity index (χ0v) is 15.4. The van der Waals surface area contributed by atoms with E-state index in [9.17, 15) is 9.59 Å². The molecule has 5 heteroatoms. The van der Waals surface area contributed by atoms with Crippen molar-refractivity contribution in [3.05, 3.63) is 35.9 Å². The maximum Gasteiger partial charge on any atom is 0.317 e. The summed E-state index contributed by atoms with van der Waals surface area (Å²) >= 11 is 0. The van der Waals surface area contributed by atoms with Gasteiger partial charge in [-0.25, -0.2) is 4.79 Å². The van der Waals surface area contributed by atoms with Crippen molar-refractivity contribution in [3.63, 3.8) is 0 Å². The van der Waals surface area contributed by atoms with E-state index in [1.54, 1.807) is 11.8 Å². The van der Waals surface area contributed by atoms with Crippen LogP contribution in [-0.2, 0) is 16.0 Å². The van der Waals surface area contributed by atoms with Gasteiger partial charge in [-0.15, -0.1) is 0 Å². The summed E-state index contributed by atoms with van der Waals surface area (Å²) in [5.74, 6) is -0.618. The third-order valence-corrected chi connectivity index (χ3v) is 4.83. The molecule has 1 fully saturated rings. The summed E-state index contributed by atoms with van der Waals surface area (Å²) in [6.45, 7) is 2.76. The molecule has 2 rings (SSSR count). The molecule has 0 aromatic heterocycles. The smallest absolute Gasteiger partial charge is 0.317 e. The molecule has 1 aliphatic carbocycles. The molecule has 0 bridgehead atoms. The summed E-state index contributed by atoms with van der Waals surface area (Å²) in [4.78, 5) is 26.2. The molecule has 0 spiro atoms. The molecule has 0 aliphatic heterocycles. The fraction of sp³-hybridized carbons (Fsp3) is 0.600. The van der Waals surface area contributed by atoms with E-state index in [4.69, 9.17) is 4.74 Å². The fourth-order valence-corrected chi connectivity index (χ4v) is 3.30. The number of urea groups is 1. The van der Waals surface area contributed by atoms with E-state index >= 15 is 0 Å². The summed E-state index contributed by atoms with van der Waals surface area (Å²) in [6.07, 6.45) is 6.47. The van der Waals surface area contributed by atoms with Crippen LogP contribution in [0.4, 0.5) is 4.79 Å². The van der Waals surface area contributed by atoms with Crippen LogP contribution in [0.3, 0.4) is 0 Å². The minimum absolute atomic E-state index is 0.0708. The third-order valence-electron chi connectivity index (χ3n) is 4.83. The largest absolute Gasteiger partial charge is 0.469 e. The maximum atomic E-state index is 12.7. The molecule has 138 valence electrons. The van der Waals surface area contributed by atoms with Gasteiger partial charge in [0, 0.05) is 19.1 Å². The topological polar surface area (TPSA) is 58.6 Å². The lowest BCUT2D eigenvalue weighted by Gasteiger charge is -2.29. The van der Waals surface area contributed by atoms with Gasteiger partial charge in [-0.1, -0.05) is 56.5 Å². The second-order valence-corrected chi connectivity index (χ2v) is 6.89. The molecule has 2 amide bonds. The van der Waals surface area contributed by atoms with Gasteiger partial charge >= 0.3 is 12.0 Å². The van der Waals surface area contributed by atoms with E-state index in [1.165, 1.54) is 31.9 Å². The average molecular weight is 346 g/mol. The number of esters is 1. The van der Waals surface area contributed by atoms with Crippen LogP contribution in [0.1, 0.15) is 44.6 Å². The number of carbonyl (C=O) groups excluding carboxylic acids is 2. The van der Waals surface area contributed by atoms with Gasteiger partial charge in [-0.05, 0) is 24.8 Å². The molecule has 25 heavy (non-hydrogen) atoms. The number of hydrogen-bond acceptors (Lipinski definition) is 3. The van der Waals surface area contributed by atoms with Crippen molar-refractivity contribution in [3.8, 4) is 0 Å². The van der Waals surface area contributed by atoms with Crippen molar-refractivity contribution in [1.29, 1.82) is 0 Å². The molecule has 1 aromatic rings. The number of nitrogens with one attached hydrogen (secondary N) is 1. The Bertz CT molecular complexity index is 541. The molecule has 1 aromatic carbocycles. The quantitative estimate of drug-likeness (QED) is 0.770. The van der Waals surface area contributed by atoms with E-state index in [0.717, 1.165) is 19.3 Å². The second kappa shape index (κ2) is 10.1. The van der Waals surface area contributed by atoms with Crippen molar-refractivity contribution >= 4 is 12.0 Å². The summed E-state index contributed by atoms with van der Waals surface area (Å²) in [7, 11) is 1.38. The fourth-order valence-electron chi connectivity index (χ4n) is 3.30. The molecule has 0 saturated heterocycles. The first-order chi connectivity index (χ1) is 12.1. The first kappa shape index (κ1) is 19.3. The van der Waals surface area contributed by atoms with Gasteiger partial charge in [0.25, 0.3) is 0 Å². The molecule has 1 aliphatic rings. The monoisotopic (exact) mass is 346 g/mol. The number of benzene rings is 1. The van der Waals surface area contributed by atoms with Crippen LogP contribution in [0.5, 0.6) is 0 Å². The molecular weight excluding hydrogens is 316 g/mol. The van der Waals surface area contributed by atoms with Gasteiger partial charge < -0.3 is 15.0 Å². The Labute approximate surface area is 150 Å². The van der Waals surface area contributed by atoms with Gasteiger partial charge in [0.1, 0.15) is 0 Å². The van der Waals surface area contributed by atoms with Gasteiger partial charge in [-0.3, -0.25) is 4.79 Å². The lowest BCUT2D eigenvalue weighted by atomic mass is 9.96. The van der Waals surface area contributed by atoms with Crippen molar-refractivity contribution in [1.82, 2.24) is 10.2 Å². The number of amides is 2. The molecule has 0 heterocycles. The lowest BCUT2D eigenvalue weighted by Crippen LogP contribution is -2.48. The Balaban J connectivity index is 1.96. The summed E-state index contributed by atoms with van der Waals surface area (Å²) < 4.78 is 4.81. The number of rotatable bonds is 7. The Hall–Kier alpha value is -2.04. The van der Waals surface area contributed by atoms with E-state index in [1.807, 2.05) is 18.2 Å². The normalized spacial score (nSPS) is 16.1. The van der Waals surface area contributed by atoms with E-state index < -0.39 is 0 Å². The highest BCUT2D eigenvalue weighted by Gasteiger charge is 2.24. The molecule has 1 saturated carbocycles. The highest BCUT2D eigenvalue weighted by Crippen LogP contribution is 2.18. The maximum absolute atomic E-state index is 12.7. The van der Waals surface area contributed by atoms with Gasteiger partial charge in [0.2, 0.25) is 0 Å². The average Bonchev–Trinajstić information content (AvgIpc) is 2.65. The van der Waals surface area contributed by atoms with Crippen LogP contribution in [0.15, 0.2) is 30.3 Å². The zero-order chi connectivity index (χ0) is 18.1. The molecule has 1 unspecified atom stereocenters. The molecular formula is C20H30N2O3. The molecule has 5 nitrogen and oxygen atoms in total. The van der Waals surface area contributed by atoms with E-state index in [0.29, 0.717) is 13.1 Å². The van der Waals surface area contributed by atoms with Crippen molar-refractivity contribution in [2.45, 2.75) is 51.5 Å². The van der Waals surface area contributed by atoms with E-state index in [-0.39, 0.29) is 24.0 Å². The standard InChI is InChI=1S/C20H30N2O3/c1-16(19(23)25-2)15-22(14-13-17-9-5-3-6-10-17)20(24)21-18-11-7-4-8-12-18/h3,5-6,9-10,16,18H,4,7-8,11-15H2,1-2H3,(H,21,24). The van der Waals surface area contributed by atoms with Crippen molar-refractivity contribution in [2.24, 2.45) is 5.92 Å². The van der Waals surface area contributed by atoms with Crippen LogP contribution >= 0.6 is 0 Å². The highest BCUT2D eigenvalue weighted by molar-refractivity contribution is 5.76. The predicted octanol–water partition coefficient (Wildman–Crippen LogP) is 3.38. The predicted molar refractivity (Wildman–Crippen MR) is 98.3 cm³/mol. The number of ether oxygens (including phenoxy) is 1. The van der Waals surface area contributed by atoms with Gasteiger partial charge in [0.15, 0.2) is 0 Å². The molecule has 1 atom stereocenters. The Morgan fingerprint density at radius 3 is 2.52 bits per heavy atom. The zero-order valence-electron chi connectivity index (χ0n) is 15.4. The first-order valence-electron chi connectivity index (χ1n) is 9.27. The number of methoxy groups -OCH3 is 1. The van der Waals surface area contributed by atoms with Crippen LogP contribution in [0.25, 0.3) is 0 Å². The van der Waals surface area contributed by atoms with Crippen molar-refractivity contribution < 1.29 is 14.3 Å². The van der Waals surface area contributed by atoms with Crippen LogP contribution in [0, 0.1) is 5.92 Å². The van der Waals surface area contributed by atoms with Crippen LogP contribution < -0.4 is 5.32 Å². The highest BCUT2D eigenvalue weighted by atomic mass is 16.5. The first-order valence-corrected chi connectivity index (χ1v) is 9.27. The lowest BCUT2D eigenvalue weighted by molar-refractivity contribution is -0.145. The van der Waals surface area contributed by atoms with Crippen LogP contribution in [-0.4, -0.2) is 43.1 Å². The molecule has 1 N–H and O–H groups in total. The molecule has 0 radical (unpaired) electrons. The number of hydrogen-bond donors (Lipinski definition) is 1. The minimum atomic E-state index is -0.335. The second-order valence-electron chi connectivity index (χ2n) is 6.89. The Morgan fingerprint density at radius 2 is 1.88 bits per heavy atom. The summed E-state index contributed by atoms with van der Waals surface area (Å²) in [6, 6.07) is 10.3. The van der Waals surface area contributed by atoms with Gasteiger partial charge in [0.05, 0.1) is 13.0 Å². The Morgan fingerprint density at radius 1 is 1.20 bits per heavy atom. The van der Waals surface area contributed by atoms with Gasteiger partial charge in [-0.2, -0.15) is 0 Å². The third kappa shape index (κ3) is 6.40. The SMILES string of the molecule is COC(=O)C(C)CN(CCc1ccccc1)C(=O)NC1CCCCC1.